The van der Waals surface area contributed by atoms with Gasteiger partial charge in [-0.3, -0.25) is 9.59 Å². The number of carbonyl (C=O) groups is 2. The molecule has 0 spiro atoms. The third kappa shape index (κ3) is 6.43. The summed E-state index contributed by atoms with van der Waals surface area (Å²) in [5.41, 5.74) is 1.74. The van der Waals surface area contributed by atoms with E-state index in [0.717, 1.165) is 24.3 Å². The Morgan fingerprint density at radius 1 is 1.32 bits per heavy atom. The average Bonchev–Trinajstić information content (AvgIpc) is 2.47. The van der Waals surface area contributed by atoms with Gasteiger partial charge in [0.05, 0.1) is 19.1 Å². The van der Waals surface area contributed by atoms with Crippen LogP contribution in [0.25, 0.3) is 0 Å². The van der Waals surface area contributed by atoms with Gasteiger partial charge in [-0.25, -0.2) is 0 Å². The number of amides is 2. The van der Waals surface area contributed by atoms with Gasteiger partial charge in [-0.1, -0.05) is 12.1 Å². The molecular weight excluding hydrogens is 306 g/mol. The van der Waals surface area contributed by atoms with Crippen molar-refractivity contribution in [2.75, 3.05) is 25.0 Å². The number of hydrogen-bond acceptors (Lipinski definition) is 4. The van der Waals surface area contributed by atoms with Crippen LogP contribution in [0.3, 0.4) is 0 Å². The molecule has 0 saturated carbocycles. The van der Waals surface area contributed by atoms with Gasteiger partial charge < -0.3 is 20.7 Å². The van der Waals surface area contributed by atoms with Crippen LogP contribution in [0, 0.1) is 0 Å². The average molecular weight is 328 g/mol. The Morgan fingerprint density at radius 3 is 2.64 bits per heavy atom. The number of hydrogen-bond donors (Lipinski definition) is 3. The lowest BCUT2D eigenvalue weighted by molar-refractivity contribution is -0.124. The normalized spacial score (nSPS) is 17.2. The topological polar surface area (TPSA) is 79.5 Å². The van der Waals surface area contributed by atoms with E-state index in [0.29, 0.717) is 19.6 Å². The van der Waals surface area contributed by atoms with Crippen LogP contribution in [0.4, 0.5) is 5.69 Å². The van der Waals surface area contributed by atoms with Gasteiger partial charge in [0, 0.05) is 32.2 Å². The Labute approximate surface area is 136 Å². The van der Waals surface area contributed by atoms with E-state index in [2.05, 4.69) is 16.0 Å². The molecule has 1 saturated heterocycles. The molecule has 1 heterocycles. The molecule has 2 amide bonds. The van der Waals surface area contributed by atoms with Gasteiger partial charge in [0.2, 0.25) is 11.8 Å². The monoisotopic (exact) mass is 327 g/mol. The summed E-state index contributed by atoms with van der Waals surface area (Å²) in [6, 6.07) is 7.39. The number of nitrogens with one attached hydrogen (secondary N) is 3. The van der Waals surface area contributed by atoms with Crippen LogP contribution in [0.2, 0.25) is 0 Å². The summed E-state index contributed by atoms with van der Waals surface area (Å²) in [5, 5.41) is 8.77. The fraction of sp³-hybridized carbons (Fsp3) is 0.467. The molecule has 1 atom stereocenters. The number of anilines is 1. The second-order valence-corrected chi connectivity index (χ2v) is 5.06. The molecule has 0 aromatic heterocycles. The first-order valence-corrected chi connectivity index (χ1v) is 7.09. The Kier molecular flexibility index (Phi) is 7.87. The van der Waals surface area contributed by atoms with Crippen molar-refractivity contribution in [3.63, 3.8) is 0 Å². The first kappa shape index (κ1) is 18.4. The lowest BCUT2D eigenvalue weighted by Gasteiger charge is -2.23. The zero-order valence-corrected chi connectivity index (χ0v) is 13.4. The maximum absolute atomic E-state index is 11.8. The Morgan fingerprint density at radius 2 is 2.05 bits per heavy atom. The van der Waals surface area contributed by atoms with Crippen LogP contribution >= 0.6 is 12.4 Å². The van der Waals surface area contributed by atoms with Crippen LogP contribution in [-0.2, 0) is 20.9 Å². The largest absolute Gasteiger partial charge is 0.375 e. The number of ether oxygens (including phenoxy) is 1. The number of rotatable bonds is 5. The quantitative estimate of drug-likeness (QED) is 0.755. The highest BCUT2D eigenvalue weighted by Gasteiger charge is 2.16. The van der Waals surface area contributed by atoms with Crippen molar-refractivity contribution >= 4 is 29.9 Å². The van der Waals surface area contributed by atoms with E-state index in [4.69, 9.17) is 4.74 Å². The standard InChI is InChI=1S/C15H21N3O3.ClH/c1-11(19)18-13-4-2-12(3-5-13)9-17-15(20)8-14-10-16-6-7-21-14;/h2-5,14,16H,6-10H2,1H3,(H,17,20)(H,18,19);1H. The van der Waals surface area contributed by atoms with E-state index in [-0.39, 0.29) is 30.3 Å². The maximum Gasteiger partial charge on any atom is 0.222 e. The lowest BCUT2D eigenvalue weighted by atomic mass is 10.2. The van der Waals surface area contributed by atoms with Gasteiger partial charge in [0.15, 0.2) is 0 Å². The van der Waals surface area contributed by atoms with Gasteiger partial charge in [-0.2, -0.15) is 0 Å². The van der Waals surface area contributed by atoms with Gasteiger partial charge in [0.1, 0.15) is 0 Å². The molecule has 1 aliphatic heterocycles. The molecule has 1 aromatic rings. The van der Waals surface area contributed by atoms with Crippen LogP contribution in [-0.4, -0.2) is 37.6 Å². The zero-order valence-electron chi connectivity index (χ0n) is 12.6. The zero-order chi connectivity index (χ0) is 15.1. The molecule has 1 unspecified atom stereocenters. The number of benzene rings is 1. The summed E-state index contributed by atoms with van der Waals surface area (Å²) in [5.74, 6) is -0.119. The summed E-state index contributed by atoms with van der Waals surface area (Å²) in [6.45, 7) is 4.16. The fourth-order valence-electron chi connectivity index (χ4n) is 2.14. The maximum atomic E-state index is 11.8. The van der Waals surface area contributed by atoms with Crippen molar-refractivity contribution in [3.05, 3.63) is 29.8 Å². The molecule has 122 valence electrons. The van der Waals surface area contributed by atoms with Gasteiger partial charge in [-0.15, -0.1) is 12.4 Å². The molecule has 6 nitrogen and oxygen atoms in total. The predicted molar refractivity (Wildman–Crippen MR) is 87.1 cm³/mol. The van der Waals surface area contributed by atoms with Gasteiger partial charge in [0.25, 0.3) is 0 Å². The van der Waals surface area contributed by atoms with E-state index in [1.807, 2.05) is 24.3 Å². The van der Waals surface area contributed by atoms with Crippen molar-refractivity contribution in [1.29, 1.82) is 0 Å². The highest BCUT2D eigenvalue weighted by Crippen LogP contribution is 2.09. The molecule has 0 bridgehead atoms. The highest BCUT2D eigenvalue weighted by molar-refractivity contribution is 5.88. The molecule has 7 heteroatoms. The minimum absolute atomic E-state index is 0. The van der Waals surface area contributed by atoms with Gasteiger partial charge >= 0.3 is 0 Å². The van der Waals surface area contributed by atoms with Crippen molar-refractivity contribution in [1.82, 2.24) is 10.6 Å². The summed E-state index contributed by atoms with van der Waals surface area (Å²) in [7, 11) is 0. The summed E-state index contributed by atoms with van der Waals surface area (Å²) in [6.07, 6.45) is 0.331. The van der Waals surface area contributed by atoms with E-state index in [1.54, 1.807) is 0 Å². The highest BCUT2D eigenvalue weighted by atomic mass is 35.5. The minimum Gasteiger partial charge on any atom is -0.375 e. The lowest BCUT2D eigenvalue weighted by Crippen LogP contribution is -2.41. The molecule has 0 aliphatic carbocycles. The molecule has 2 rings (SSSR count). The summed E-state index contributed by atoms with van der Waals surface area (Å²) < 4.78 is 5.49. The number of carbonyl (C=O) groups excluding carboxylic acids is 2. The third-order valence-electron chi connectivity index (χ3n) is 3.18. The second kappa shape index (κ2) is 9.40. The Balaban J connectivity index is 0.00000242. The third-order valence-corrected chi connectivity index (χ3v) is 3.18. The minimum atomic E-state index is -0.0999. The van der Waals surface area contributed by atoms with Crippen LogP contribution in [0.15, 0.2) is 24.3 Å². The summed E-state index contributed by atoms with van der Waals surface area (Å²) in [4.78, 5) is 22.7. The fourth-order valence-corrected chi connectivity index (χ4v) is 2.14. The van der Waals surface area contributed by atoms with Crippen LogP contribution in [0.5, 0.6) is 0 Å². The van der Waals surface area contributed by atoms with E-state index in [1.165, 1.54) is 6.92 Å². The van der Waals surface area contributed by atoms with Crippen LogP contribution in [0.1, 0.15) is 18.9 Å². The molecule has 22 heavy (non-hydrogen) atoms. The van der Waals surface area contributed by atoms with Gasteiger partial charge in [-0.05, 0) is 17.7 Å². The second-order valence-electron chi connectivity index (χ2n) is 5.06. The van der Waals surface area contributed by atoms with Crippen molar-refractivity contribution in [2.24, 2.45) is 0 Å². The predicted octanol–water partition coefficient (Wildman–Crippen LogP) is 1.06. The van der Waals surface area contributed by atoms with Crippen molar-refractivity contribution in [2.45, 2.75) is 26.0 Å². The molecule has 1 aromatic carbocycles. The Hall–Kier alpha value is -1.63. The van der Waals surface area contributed by atoms with E-state index < -0.39 is 0 Å². The SMILES string of the molecule is CC(=O)Nc1ccc(CNC(=O)CC2CNCCO2)cc1.Cl. The first-order valence-electron chi connectivity index (χ1n) is 7.09. The molecule has 3 N–H and O–H groups in total. The molecular formula is C15H22ClN3O3. The summed E-state index contributed by atoms with van der Waals surface area (Å²) >= 11 is 0. The molecule has 0 radical (unpaired) electrons. The van der Waals surface area contributed by atoms with E-state index >= 15 is 0 Å². The van der Waals surface area contributed by atoms with Crippen LogP contribution < -0.4 is 16.0 Å². The van der Waals surface area contributed by atoms with E-state index in [9.17, 15) is 9.59 Å². The van der Waals surface area contributed by atoms with Crippen molar-refractivity contribution in [3.8, 4) is 0 Å². The first-order chi connectivity index (χ1) is 10.1. The Bertz CT molecular complexity index is 487. The molecule has 1 fully saturated rings. The number of morpholine rings is 1. The van der Waals surface area contributed by atoms with Crippen molar-refractivity contribution < 1.29 is 14.3 Å². The molecule has 1 aliphatic rings. The number of halogens is 1. The smallest absolute Gasteiger partial charge is 0.222 e.